The zero-order valence-electron chi connectivity index (χ0n) is 15.0. The number of hydrogen-bond acceptors (Lipinski definition) is 3. The number of hydrogen-bond donors (Lipinski definition) is 2. The van der Waals surface area contributed by atoms with Crippen molar-refractivity contribution in [3.8, 4) is 5.75 Å². The molecule has 1 aromatic carbocycles. The third-order valence-corrected chi connectivity index (χ3v) is 4.47. The van der Waals surface area contributed by atoms with E-state index in [1.54, 1.807) is 7.11 Å². The molecule has 0 saturated carbocycles. The van der Waals surface area contributed by atoms with Gasteiger partial charge in [-0.25, -0.2) is 0 Å². The van der Waals surface area contributed by atoms with E-state index in [1.165, 1.54) is 24.9 Å². The molecule has 136 valence electrons. The highest BCUT2D eigenvalue weighted by Crippen LogP contribution is 2.15. The third-order valence-electron chi connectivity index (χ3n) is 4.47. The van der Waals surface area contributed by atoms with Crippen LogP contribution in [-0.4, -0.2) is 57.2 Å². The van der Waals surface area contributed by atoms with Crippen molar-refractivity contribution in [1.82, 2.24) is 15.5 Å². The summed E-state index contributed by atoms with van der Waals surface area (Å²) >= 11 is 0. The first-order chi connectivity index (χ1) is 11.3. The van der Waals surface area contributed by atoms with Gasteiger partial charge in [0.05, 0.1) is 7.11 Å². The van der Waals surface area contributed by atoms with Gasteiger partial charge < -0.3 is 15.4 Å². The minimum atomic E-state index is 0. The standard InChI is InChI=1S/C18H30N4O.HI/c1-4-22-12-6-8-16(22)14-21-18(19-2)20-11-10-15-7-5-9-17(13-15)23-3;/h5,7,9,13,16H,4,6,8,10-12,14H2,1-3H3,(H2,19,20,21);1H. The zero-order valence-corrected chi connectivity index (χ0v) is 17.4. The molecule has 2 N–H and O–H groups in total. The van der Waals surface area contributed by atoms with E-state index in [0.717, 1.165) is 37.8 Å². The van der Waals surface area contributed by atoms with E-state index in [0.29, 0.717) is 6.04 Å². The highest BCUT2D eigenvalue weighted by atomic mass is 127. The Morgan fingerprint density at radius 2 is 2.21 bits per heavy atom. The lowest BCUT2D eigenvalue weighted by Crippen LogP contribution is -2.45. The van der Waals surface area contributed by atoms with Crippen molar-refractivity contribution in [3.05, 3.63) is 29.8 Å². The molecule has 1 aromatic rings. The maximum absolute atomic E-state index is 5.26. The van der Waals surface area contributed by atoms with Crippen molar-refractivity contribution in [3.63, 3.8) is 0 Å². The van der Waals surface area contributed by atoms with Gasteiger partial charge in [-0.2, -0.15) is 0 Å². The molecule has 1 fully saturated rings. The van der Waals surface area contributed by atoms with Crippen LogP contribution >= 0.6 is 24.0 Å². The Bertz CT molecular complexity index is 510. The van der Waals surface area contributed by atoms with E-state index in [4.69, 9.17) is 4.74 Å². The topological polar surface area (TPSA) is 48.9 Å². The number of aliphatic imine (C=N–C) groups is 1. The number of benzene rings is 1. The summed E-state index contributed by atoms with van der Waals surface area (Å²) in [7, 11) is 3.53. The molecular weight excluding hydrogens is 415 g/mol. The van der Waals surface area contributed by atoms with Crippen LogP contribution in [0.4, 0.5) is 0 Å². The number of likely N-dealkylation sites (N-methyl/N-ethyl adjacent to an activating group) is 1. The van der Waals surface area contributed by atoms with Gasteiger partial charge in [-0.05, 0) is 50.0 Å². The van der Waals surface area contributed by atoms with Crippen molar-refractivity contribution >= 4 is 29.9 Å². The molecule has 0 bridgehead atoms. The van der Waals surface area contributed by atoms with Gasteiger partial charge in [0, 0.05) is 26.2 Å². The molecule has 0 spiro atoms. The molecule has 1 aliphatic heterocycles. The molecule has 0 amide bonds. The molecule has 5 nitrogen and oxygen atoms in total. The van der Waals surface area contributed by atoms with E-state index in [-0.39, 0.29) is 24.0 Å². The average Bonchev–Trinajstić information content (AvgIpc) is 3.05. The number of nitrogens with one attached hydrogen (secondary N) is 2. The smallest absolute Gasteiger partial charge is 0.191 e. The van der Waals surface area contributed by atoms with E-state index in [1.807, 2.05) is 19.2 Å². The molecule has 1 saturated heterocycles. The second-order valence-corrected chi connectivity index (χ2v) is 5.91. The Kier molecular flexibility index (Phi) is 10.1. The number of nitrogens with zero attached hydrogens (tertiary/aromatic N) is 2. The van der Waals surface area contributed by atoms with Gasteiger partial charge in [0.2, 0.25) is 0 Å². The highest BCUT2D eigenvalue weighted by molar-refractivity contribution is 14.0. The van der Waals surface area contributed by atoms with Crippen LogP contribution in [0.3, 0.4) is 0 Å². The Morgan fingerprint density at radius 1 is 1.38 bits per heavy atom. The molecule has 6 heteroatoms. The molecular formula is C18H31IN4O. The lowest BCUT2D eigenvalue weighted by molar-refractivity contribution is 0.267. The Balaban J connectivity index is 0.00000288. The van der Waals surface area contributed by atoms with Gasteiger partial charge in [-0.1, -0.05) is 19.1 Å². The predicted molar refractivity (Wildman–Crippen MR) is 112 cm³/mol. The van der Waals surface area contributed by atoms with Crippen LogP contribution in [0.25, 0.3) is 0 Å². The van der Waals surface area contributed by atoms with Crippen LogP contribution in [0, 0.1) is 0 Å². The van der Waals surface area contributed by atoms with Crippen molar-refractivity contribution in [2.45, 2.75) is 32.2 Å². The van der Waals surface area contributed by atoms with Crippen LogP contribution in [-0.2, 0) is 6.42 Å². The Hall–Kier alpha value is -1.02. The van der Waals surface area contributed by atoms with Crippen LogP contribution in [0.15, 0.2) is 29.3 Å². The van der Waals surface area contributed by atoms with Gasteiger partial charge in [0.1, 0.15) is 5.75 Å². The van der Waals surface area contributed by atoms with Crippen LogP contribution in [0.2, 0.25) is 0 Å². The first kappa shape index (κ1) is 21.0. The molecule has 1 atom stereocenters. The summed E-state index contributed by atoms with van der Waals surface area (Å²) in [5.74, 6) is 1.79. The molecule has 0 aromatic heterocycles. The fourth-order valence-corrected chi connectivity index (χ4v) is 3.13. The fourth-order valence-electron chi connectivity index (χ4n) is 3.13. The van der Waals surface area contributed by atoms with E-state index in [9.17, 15) is 0 Å². The molecule has 24 heavy (non-hydrogen) atoms. The summed E-state index contributed by atoms with van der Waals surface area (Å²) in [6, 6.07) is 8.84. The molecule has 0 radical (unpaired) electrons. The fraction of sp³-hybridized carbons (Fsp3) is 0.611. The minimum absolute atomic E-state index is 0. The zero-order chi connectivity index (χ0) is 16.5. The predicted octanol–water partition coefficient (Wildman–Crippen LogP) is 2.51. The average molecular weight is 446 g/mol. The number of rotatable bonds is 7. The number of guanidine groups is 1. The van der Waals surface area contributed by atoms with Crippen LogP contribution in [0.1, 0.15) is 25.3 Å². The summed E-state index contributed by atoms with van der Waals surface area (Å²) in [6.45, 7) is 6.42. The number of likely N-dealkylation sites (tertiary alicyclic amines) is 1. The number of methoxy groups -OCH3 is 1. The van der Waals surface area contributed by atoms with E-state index < -0.39 is 0 Å². The minimum Gasteiger partial charge on any atom is -0.497 e. The molecule has 1 heterocycles. The first-order valence-electron chi connectivity index (χ1n) is 8.58. The monoisotopic (exact) mass is 446 g/mol. The highest BCUT2D eigenvalue weighted by Gasteiger charge is 2.22. The molecule has 2 rings (SSSR count). The van der Waals surface area contributed by atoms with Gasteiger partial charge >= 0.3 is 0 Å². The van der Waals surface area contributed by atoms with Crippen molar-refractivity contribution in [1.29, 1.82) is 0 Å². The van der Waals surface area contributed by atoms with Crippen molar-refractivity contribution in [2.24, 2.45) is 4.99 Å². The number of ether oxygens (including phenoxy) is 1. The molecule has 0 aliphatic carbocycles. The first-order valence-corrected chi connectivity index (χ1v) is 8.58. The second-order valence-electron chi connectivity index (χ2n) is 5.91. The lowest BCUT2D eigenvalue weighted by atomic mass is 10.1. The second kappa shape index (κ2) is 11.5. The summed E-state index contributed by atoms with van der Waals surface area (Å²) in [4.78, 5) is 6.85. The summed E-state index contributed by atoms with van der Waals surface area (Å²) < 4.78 is 5.26. The van der Waals surface area contributed by atoms with Crippen LogP contribution in [0.5, 0.6) is 5.75 Å². The van der Waals surface area contributed by atoms with Gasteiger partial charge in [0.15, 0.2) is 5.96 Å². The Morgan fingerprint density at radius 3 is 2.92 bits per heavy atom. The van der Waals surface area contributed by atoms with Gasteiger partial charge in [-0.3, -0.25) is 9.89 Å². The third kappa shape index (κ3) is 6.47. The SMILES string of the molecule is CCN1CCCC1CNC(=NC)NCCc1cccc(OC)c1.I. The maximum Gasteiger partial charge on any atom is 0.191 e. The van der Waals surface area contributed by atoms with E-state index in [2.05, 4.69) is 39.6 Å². The maximum atomic E-state index is 5.26. The summed E-state index contributed by atoms with van der Waals surface area (Å²) in [5.41, 5.74) is 1.26. The largest absolute Gasteiger partial charge is 0.497 e. The lowest BCUT2D eigenvalue weighted by Gasteiger charge is -2.24. The van der Waals surface area contributed by atoms with Crippen molar-refractivity contribution in [2.75, 3.05) is 40.3 Å². The normalized spacial score (nSPS) is 18.1. The van der Waals surface area contributed by atoms with Crippen molar-refractivity contribution < 1.29 is 4.74 Å². The number of halogens is 1. The van der Waals surface area contributed by atoms with E-state index >= 15 is 0 Å². The summed E-state index contributed by atoms with van der Waals surface area (Å²) in [6.07, 6.45) is 3.53. The summed E-state index contributed by atoms with van der Waals surface area (Å²) in [5, 5.41) is 6.85. The quantitative estimate of drug-likeness (QED) is 0.384. The van der Waals surface area contributed by atoms with Crippen LogP contribution < -0.4 is 15.4 Å². The Labute approximate surface area is 163 Å². The van der Waals surface area contributed by atoms with Gasteiger partial charge in [-0.15, -0.1) is 24.0 Å². The molecule has 1 unspecified atom stereocenters. The molecule has 1 aliphatic rings. The van der Waals surface area contributed by atoms with Gasteiger partial charge in [0.25, 0.3) is 0 Å².